The summed E-state index contributed by atoms with van der Waals surface area (Å²) in [5.41, 5.74) is 5.95. The van der Waals surface area contributed by atoms with E-state index in [0.29, 0.717) is 6.61 Å². The molecule has 4 atom stereocenters. The van der Waals surface area contributed by atoms with Crippen molar-refractivity contribution in [1.29, 1.82) is 0 Å². The molecular weight excluding hydrogens is 325 g/mol. The minimum absolute atomic E-state index is 0.106. The Morgan fingerprint density at radius 1 is 1.42 bits per heavy atom. The van der Waals surface area contributed by atoms with Crippen molar-refractivity contribution in [3.8, 4) is 0 Å². The molecule has 1 fully saturated rings. The lowest BCUT2D eigenvalue weighted by Crippen LogP contribution is -2.36. The molecule has 1 aliphatic heterocycles. The number of hydrogen-bond donors (Lipinski definition) is 3. The van der Waals surface area contributed by atoms with E-state index in [-0.39, 0.29) is 23.6 Å². The van der Waals surface area contributed by atoms with E-state index in [1.165, 1.54) is 18.0 Å². The molecule has 0 saturated carbocycles. The molecular formula is C13H18FN5O5. The van der Waals surface area contributed by atoms with Crippen molar-refractivity contribution in [2.45, 2.75) is 24.5 Å². The first-order chi connectivity index (χ1) is 11.6. The maximum Gasteiger partial charge on any atom is 0.312 e. The van der Waals surface area contributed by atoms with E-state index in [0.717, 1.165) is 0 Å². The van der Waals surface area contributed by atoms with E-state index in [4.69, 9.17) is 19.9 Å². The third-order valence-corrected chi connectivity index (χ3v) is 3.79. The van der Waals surface area contributed by atoms with Crippen LogP contribution in [0.3, 0.4) is 0 Å². The number of anilines is 1. The Kier molecular flexibility index (Phi) is 4.87. The second-order valence-electron chi connectivity index (χ2n) is 5.27. The molecule has 10 nitrogen and oxygen atoms in total. The molecule has 3 rings (SSSR count). The number of nitrogen functional groups attached to an aromatic ring is 1. The predicted molar refractivity (Wildman–Crippen MR) is 78.3 cm³/mol. The van der Waals surface area contributed by atoms with Gasteiger partial charge in [0, 0.05) is 7.11 Å². The third kappa shape index (κ3) is 2.91. The maximum absolute atomic E-state index is 13.5. The predicted octanol–water partition coefficient (Wildman–Crippen LogP) is -1.17. The molecule has 0 radical (unpaired) electrons. The highest BCUT2D eigenvalue weighted by Crippen LogP contribution is 2.33. The largest absolute Gasteiger partial charge is 0.394 e. The van der Waals surface area contributed by atoms with Crippen molar-refractivity contribution in [3.63, 3.8) is 0 Å². The zero-order valence-corrected chi connectivity index (χ0v) is 12.9. The molecule has 1 aliphatic rings. The Labute approximate surface area is 136 Å². The molecule has 0 aromatic carbocycles. The number of ether oxygens (including phenoxy) is 3. The number of halogens is 1. The minimum atomic E-state index is -1.08. The van der Waals surface area contributed by atoms with Gasteiger partial charge in [-0.15, -0.1) is 0 Å². The number of hydrogen-bond acceptors (Lipinski definition) is 9. The van der Waals surface area contributed by atoms with Crippen LogP contribution in [0, 0.1) is 6.08 Å². The van der Waals surface area contributed by atoms with Crippen molar-refractivity contribution in [1.82, 2.24) is 19.5 Å². The standard InChI is InChI=1S/C13H18FN5O5/c1-22-2-3-23-9-8(21)6(4-20)24-12(9)19-5-16-7-10(15)17-13(14)18-11(7)19/h5-6,8-9,12,20-21H,2-4H2,1H3,(H2,15,17,18)/t6-,8?,9?,12-/m1/s1. The summed E-state index contributed by atoms with van der Waals surface area (Å²) in [6.07, 6.45) is -3.29. The molecule has 4 N–H and O–H groups in total. The van der Waals surface area contributed by atoms with Gasteiger partial charge in [-0.2, -0.15) is 14.4 Å². The summed E-state index contributed by atoms with van der Waals surface area (Å²) < 4.78 is 31.0. The Bertz CT molecular complexity index is 713. The number of rotatable bonds is 6. The van der Waals surface area contributed by atoms with Gasteiger partial charge in [0.1, 0.15) is 18.3 Å². The molecule has 2 unspecified atom stereocenters. The number of nitrogens with two attached hydrogens (primary N) is 1. The van der Waals surface area contributed by atoms with E-state index in [9.17, 15) is 14.6 Å². The lowest BCUT2D eigenvalue weighted by molar-refractivity contribution is -0.0786. The number of aromatic nitrogens is 4. The summed E-state index contributed by atoms with van der Waals surface area (Å²) in [7, 11) is 1.52. The van der Waals surface area contributed by atoms with Gasteiger partial charge in [0.2, 0.25) is 0 Å². The van der Waals surface area contributed by atoms with Crippen LogP contribution in [-0.4, -0.2) is 75.0 Å². The van der Waals surface area contributed by atoms with Gasteiger partial charge in [-0.05, 0) is 0 Å². The quantitative estimate of drug-likeness (QED) is 0.437. The molecule has 3 heterocycles. The molecule has 0 bridgehead atoms. The Morgan fingerprint density at radius 3 is 2.92 bits per heavy atom. The van der Waals surface area contributed by atoms with Crippen molar-refractivity contribution in [2.75, 3.05) is 32.7 Å². The molecule has 0 spiro atoms. The maximum atomic E-state index is 13.5. The summed E-state index contributed by atoms with van der Waals surface area (Å²) in [6, 6.07) is 0. The van der Waals surface area contributed by atoms with Gasteiger partial charge in [-0.3, -0.25) is 4.57 Å². The SMILES string of the molecule is COCCOC1C(O)[C@@H](CO)O[C@H]1n1cnc2c(N)nc(F)nc21. The first-order valence-corrected chi connectivity index (χ1v) is 7.27. The zero-order chi connectivity index (χ0) is 17.3. The van der Waals surface area contributed by atoms with Crippen LogP contribution < -0.4 is 5.73 Å². The van der Waals surface area contributed by atoms with Gasteiger partial charge in [0.25, 0.3) is 0 Å². The van der Waals surface area contributed by atoms with Crippen LogP contribution in [0.5, 0.6) is 0 Å². The van der Waals surface area contributed by atoms with Gasteiger partial charge in [0.15, 0.2) is 23.2 Å². The van der Waals surface area contributed by atoms with Gasteiger partial charge >= 0.3 is 6.08 Å². The van der Waals surface area contributed by atoms with E-state index in [1.54, 1.807) is 0 Å². The summed E-state index contributed by atoms with van der Waals surface area (Å²) >= 11 is 0. The highest BCUT2D eigenvalue weighted by atomic mass is 19.1. The summed E-state index contributed by atoms with van der Waals surface area (Å²) in [5, 5.41) is 19.6. The molecule has 24 heavy (non-hydrogen) atoms. The van der Waals surface area contributed by atoms with Crippen LogP contribution in [-0.2, 0) is 14.2 Å². The van der Waals surface area contributed by atoms with E-state index < -0.39 is 37.2 Å². The van der Waals surface area contributed by atoms with Gasteiger partial charge < -0.3 is 30.2 Å². The third-order valence-electron chi connectivity index (χ3n) is 3.79. The van der Waals surface area contributed by atoms with Gasteiger partial charge in [-0.1, -0.05) is 0 Å². The number of nitrogens with zero attached hydrogens (tertiary/aromatic N) is 4. The van der Waals surface area contributed by atoms with E-state index in [2.05, 4.69) is 15.0 Å². The van der Waals surface area contributed by atoms with Crippen molar-refractivity contribution >= 4 is 17.0 Å². The second kappa shape index (κ2) is 6.91. The van der Waals surface area contributed by atoms with E-state index >= 15 is 0 Å². The Hall–Kier alpha value is -1.92. The van der Waals surface area contributed by atoms with Crippen LogP contribution >= 0.6 is 0 Å². The van der Waals surface area contributed by atoms with Crippen LogP contribution in [0.2, 0.25) is 0 Å². The number of aliphatic hydroxyl groups excluding tert-OH is 2. The topological polar surface area (TPSA) is 138 Å². The monoisotopic (exact) mass is 343 g/mol. The van der Waals surface area contributed by atoms with Crippen molar-refractivity contribution < 1.29 is 28.8 Å². The fraction of sp³-hybridized carbons (Fsp3) is 0.615. The van der Waals surface area contributed by atoms with Crippen LogP contribution in [0.1, 0.15) is 6.23 Å². The second-order valence-corrected chi connectivity index (χ2v) is 5.27. The smallest absolute Gasteiger partial charge is 0.312 e. The molecule has 0 amide bonds. The van der Waals surface area contributed by atoms with Crippen molar-refractivity contribution in [3.05, 3.63) is 12.4 Å². The molecule has 2 aromatic rings. The summed E-state index contributed by atoms with van der Waals surface area (Å²) in [4.78, 5) is 11.2. The Balaban J connectivity index is 1.96. The lowest BCUT2D eigenvalue weighted by Gasteiger charge is -2.21. The van der Waals surface area contributed by atoms with Crippen LogP contribution in [0.15, 0.2) is 6.33 Å². The number of imidazole rings is 1. The first-order valence-electron chi connectivity index (χ1n) is 7.27. The number of fused-ring (bicyclic) bond motifs is 1. The summed E-state index contributed by atoms with van der Waals surface area (Å²) in [5.74, 6) is -0.106. The average molecular weight is 343 g/mol. The highest BCUT2D eigenvalue weighted by molar-refractivity contribution is 5.81. The minimum Gasteiger partial charge on any atom is -0.394 e. The molecule has 2 aromatic heterocycles. The molecule has 11 heteroatoms. The van der Waals surface area contributed by atoms with Gasteiger partial charge in [-0.25, -0.2) is 4.98 Å². The molecule has 132 valence electrons. The molecule has 0 aliphatic carbocycles. The van der Waals surface area contributed by atoms with Crippen LogP contribution in [0.4, 0.5) is 10.2 Å². The first kappa shape index (κ1) is 16.9. The lowest BCUT2D eigenvalue weighted by atomic mass is 10.1. The fourth-order valence-electron chi connectivity index (χ4n) is 2.64. The highest BCUT2D eigenvalue weighted by Gasteiger charge is 2.45. The average Bonchev–Trinajstić information content (AvgIpc) is 3.09. The summed E-state index contributed by atoms with van der Waals surface area (Å²) in [6.45, 7) is 0.114. The Morgan fingerprint density at radius 2 is 2.21 bits per heavy atom. The van der Waals surface area contributed by atoms with Crippen molar-refractivity contribution in [2.24, 2.45) is 0 Å². The normalized spacial score (nSPS) is 27.2. The molecule has 1 saturated heterocycles. The van der Waals surface area contributed by atoms with Crippen LogP contribution in [0.25, 0.3) is 11.2 Å². The van der Waals surface area contributed by atoms with Gasteiger partial charge in [0.05, 0.1) is 26.1 Å². The van der Waals surface area contributed by atoms with E-state index in [1.807, 2.05) is 0 Å². The number of methoxy groups -OCH3 is 1. The number of aliphatic hydroxyl groups is 2. The zero-order valence-electron chi connectivity index (χ0n) is 12.9. The fourth-order valence-corrected chi connectivity index (χ4v) is 2.64.